The van der Waals surface area contributed by atoms with Crippen molar-refractivity contribution in [3.05, 3.63) is 58.4 Å². The monoisotopic (exact) mass is 323 g/mol. The van der Waals surface area contributed by atoms with Crippen LogP contribution in [0.3, 0.4) is 0 Å². The van der Waals surface area contributed by atoms with Gasteiger partial charge < -0.3 is 10.2 Å². The molecule has 0 atom stereocenters. The van der Waals surface area contributed by atoms with E-state index in [2.05, 4.69) is 16.4 Å². The molecule has 1 N–H and O–H groups in total. The van der Waals surface area contributed by atoms with Gasteiger partial charge in [0.25, 0.3) is 5.91 Å². The first-order valence-electron chi connectivity index (χ1n) is 8.05. The van der Waals surface area contributed by atoms with Crippen LogP contribution in [0.4, 0.5) is 5.69 Å². The summed E-state index contributed by atoms with van der Waals surface area (Å²) in [7, 11) is 0. The number of carbonyl (C=O) groups excluding carboxylic acids is 2. The van der Waals surface area contributed by atoms with E-state index in [4.69, 9.17) is 0 Å². The first kappa shape index (κ1) is 16.2. The fourth-order valence-electron chi connectivity index (χ4n) is 3.20. The quantitative estimate of drug-likeness (QED) is 0.924. The van der Waals surface area contributed by atoms with Crippen LogP contribution in [-0.4, -0.2) is 28.2 Å². The normalized spacial score (nSPS) is 13.4. The molecule has 0 bridgehead atoms. The SMILES string of the molecule is CC(=O)N1CCc2c(cncc2C(=O)Nc2cc(C)cc(C)c2)C1. The summed E-state index contributed by atoms with van der Waals surface area (Å²) in [4.78, 5) is 30.2. The highest BCUT2D eigenvalue weighted by Crippen LogP contribution is 2.23. The van der Waals surface area contributed by atoms with Gasteiger partial charge in [0.2, 0.25) is 5.91 Å². The Labute approximate surface area is 141 Å². The van der Waals surface area contributed by atoms with E-state index in [-0.39, 0.29) is 11.8 Å². The molecule has 124 valence electrons. The lowest BCUT2D eigenvalue weighted by molar-refractivity contribution is -0.129. The van der Waals surface area contributed by atoms with Crippen molar-refractivity contribution in [1.82, 2.24) is 9.88 Å². The van der Waals surface area contributed by atoms with E-state index in [0.717, 1.165) is 27.9 Å². The van der Waals surface area contributed by atoms with Crippen molar-refractivity contribution in [1.29, 1.82) is 0 Å². The predicted octanol–water partition coefficient (Wildman–Crippen LogP) is 2.86. The maximum Gasteiger partial charge on any atom is 0.257 e. The van der Waals surface area contributed by atoms with Gasteiger partial charge in [-0.1, -0.05) is 6.07 Å². The Morgan fingerprint density at radius 2 is 1.83 bits per heavy atom. The molecule has 24 heavy (non-hydrogen) atoms. The van der Waals surface area contributed by atoms with Crippen molar-refractivity contribution in [3.8, 4) is 0 Å². The molecule has 5 nitrogen and oxygen atoms in total. The average Bonchev–Trinajstić information content (AvgIpc) is 2.52. The molecular formula is C19H21N3O2. The summed E-state index contributed by atoms with van der Waals surface area (Å²) >= 11 is 0. The van der Waals surface area contributed by atoms with Gasteiger partial charge in [0.15, 0.2) is 0 Å². The van der Waals surface area contributed by atoms with Crippen LogP contribution >= 0.6 is 0 Å². The smallest absolute Gasteiger partial charge is 0.257 e. The highest BCUT2D eigenvalue weighted by atomic mass is 16.2. The summed E-state index contributed by atoms with van der Waals surface area (Å²) in [5, 5.41) is 2.96. The summed E-state index contributed by atoms with van der Waals surface area (Å²) in [5.74, 6) is -0.105. The number of hydrogen-bond donors (Lipinski definition) is 1. The lowest BCUT2D eigenvalue weighted by Crippen LogP contribution is -2.35. The van der Waals surface area contributed by atoms with Crippen LogP contribution in [0.1, 0.15) is 39.5 Å². The molecule has 2 aromatic rings. The molecule has 1 aliphatic rings. The Hall–Kier alpha value is -2.69. The second-order valence-corrected chi connectivity index (χ2v) is 6.35. The summed E-state index contributed by atoms with van der Waals surface area (Å²) in [6.07, 6.45) is 4.03. The largest absolute Gasteiger partial charge is 0.338 e. The second kappa shape index (κ2) is 6.43. The number of amides is 2. The Morgan fingerprint density at radius 1 is 1.12 bits per heavy atom. The van der Waals surface area contributed by atoms with Crippen molar-refractivity contribution >= 4 is 17.5 Å². The van der Waals surface area contributed by atoms with Gasteiger partial charge in [-0.25, -0.2) is 0 Å². The fraction of sp³-hybridized carbons (Fsp3) is 0.316. The van der Waals surface area contributed by atoms with Crippen molar-refractivity contribution in [2.75, 3.05) is 11.9 Å². The molecule has 5 heteroatoms. The van der Waals surface area contributed by atoms with Crippen molar-refractivity contribution < 1.29 is 9.59 Å². The summed E-state index contributed by atoms with van der Waals surface area (Å²) < 4.78 is 0. The maximum absolute atomic E-state index is 12.7. The molecule has 1 aromatic heterocycles. The van der Waals surface area contributed by atoms with Crippen LogP contribution in [0.5, 0.6) is 0 Å². The minimum Gasteiger partial charge on any atom is -0.338 e. The standard InChI is InChI=1S/C19H21N3O2/c1-12-6-13(2)8-16(7-12)21-19(24)18-10-20-9-15-11-22(14(3)23)5-4-17(15)18/h6-10H,4-5,11H2,1-3H3,(H,21,24). The van der Waals surface area contributed by atoms with E-state index >= 15 is 0 Å². The molecule has 0 saturated carbocycles. The lowest BCUT2D eigenvalue weighted by atomic mass is 9.96. The maximum atomic E-state index is 12.7. The average molecular weight is 323 g/mol. The number of aryl methyl sites for hydroxylation is 2. The Bertz CT molecular complexity index is 794. The Kier molecular flexibility index (Phi) is 4.34. The number of carbonyl (C=O) groups is 2. The number of fused-ring (bicyclic) bond motifs is 1. The summed E-state index contributed by atoms with van der Waals surface area (Å²) in [6.45, 7) is 6.73. The van der Waals surface area contributed by atoms with E-state index in [1.54, 1.807) is 24.2 Å². The molecule has 0 fully saturated rings. The van der Waals surface area contributed by atoms with E-state index in [1.807, 2.05) is 26.0 Å². The second-order valence-electron chi connectivity index (χ2n) is 6.35. The zero-order valence-electron chi connectivity index (χ0n) is 14.2. The Balaban J connectivity index is 1.86. The Morgan fingerprint density at radius 3 is 2.50 bits per heavy atom. The van der Waals surface area contributed by atoms with Gasteiger partial charge in [0.1, 0.15) is 0 Å². The van der Waals surface area contributed by atoms with Gasteiger partial charge in [-0.05, 0) is 54.7 Å². The van der Waals surface area contributed by atoms with Crippen LogP contribution in [0.25, 0.3) is 0 Å². The molecule has 2 amide bonds. The van der Waals surface area contributed by atoms with Crippen LogP contribution < -0.4 is 5.32 Å². The van der Waals surface area contributed by atoms with Gasteiger partial charge in [-0.3, -0.25) is 14.6 Å². The van der Waals surface area contributed by atoms with Crippen LogP contribution in [0.2, 0.25) is 0 Å². The molecular weight excluding hydrogens is 302 g/mol. The first-order valence-corrected chi connectivity index (χ1v) is 8.05. The zero-order chi connectivity index (χ0) is 17.3. The zero-order valence-corrected chi connectivity index (χ0v) is 14.2. The molecule has 0 radical (unpaired) electrons. The lowest BCUT2D eigenvalue weighted by Gasteiger charge is -2.28. The molecule has 2 heterocycles. The number of rotatable bonds is 2. The number of hydrogen-bond acceptors (Lipinski definition) is 3. The molecule has 1 aromatic carbocycles. The molecule has 1 aliphatic heterocycles. The summed E-state index contributed by atoms with van der Waals surface area (Å²) in [6, 6.07) is 5.97. The van der Waals surface area contributed by atoms with Crippen molar-refractivity contribution in [3.63, 3.8) is 0 Å². The molecule has 0 unspecified atom stereocenters. The third kappa shape index (κ3) is 3.30. The number of aromatic nitrogens is 1. The highest BCUT2D eigenvalue weighted by molar-refractivity contribution is 6.05. The van der Waals surface area contributed by atoms with E-state index in [1.165, 1.54) is 0 Å². The van der Waals surface area contributed by atoms with E-state index in [0.29, 0.717) is 25.1 Å². The van der Waals surface area contributed by atoms with Crippen LogP contribution in [-0.2, 0) is 17.8 Å². The molecule has 3 rings (SSSR count). The minimum atomic E-state index is -0.152. The third-order valence-corrected chi connectivity index (χ3v) is 4.31. The number of anilines is 1. The van der Waals surface area contributed by atoms with Gasteiger partial charge in [0.05, 0.1) is 5.56 Å². The van der Waals surface area contributed by atoms with Crippen LogP contribution in [0.15, 0.2) is 30.6 Å². The fourth-order valence-corrected chi connectivity index (χ4v) is 3.20. The predicted molar refractivity (Wildman–Crippen MR) is 92.9 cm³/mol. The summed E-state index contributed by atoms with van der Waals surface area (Å²) in [5.41, 5.74) is 5.53. The van der Waals surface area contributed by atoms with Crippen LogP contribution in [0, 0.1) is 13.8 Å². The van der Waals surface area contributed by atoms with Crippen molar-refractivity contribution in [2.24, 2.45) is 0 Å². The van der Waals surface area contributed by atoms with Gasteiger partial charge in [-0.15, -0.1) is 0 Å². The van der Waals surface area contributed by atoms with E-state index < -0.39 is 0 Å². The van der Waals surface area contributed by atoms with E-state index in [9.17, 15) is 9.59 Å². The number of pyridine rings is 1. The van der Waals surface area contributed by atoms with Gasteiger partial charge >= 0.3 is 0 Å². The van der Waals surface area contributed by atoms with Gasteiger partial charge in [-0.2, -0.15) is 0 Å². The molecule has 0 aliphatic carbocycles. The minimum absolute atomic E-state index is 0.0470. The first-order chi connectivity index (χ1) is 11.4. The topological polar surface area (TPSA) is 62.3 Å². The van der Waals surface area contributed by atoms with Gasteiger partial charge in [0, 0.05) is 38.1 Å². The number of nitrogens with one attached hydrogen (secondary N) is 1. The molecule has 0 spiro atoms. The number of benzene rings is 1. The van der Waals surface area contributed by atoms with Crippen molar-refractivity contribution in [2.45, 2.75) is 33.7 Å². The highest BCUT2D eigenvalue weighted by Gasteiger charge is 2.23. The number of nitrogens with zero attached hydrogens (tertiary/aromatic N) is 2. The molecule has 0 saturated heterocycles. The third-order valence-electron chi connectivity index (χ3n) is 4.31.